The van der Waals surface area contributed by atoms with Gasteiger partial charge in [0.2, 0.25) is 0 Å². The number of aromatic nitrogens is 2. The number of nitrogens with zero attached hydrogens (tertiary/aromatic N) is 2. The number of aromatic hydroxyl groups is 1. The van der Waals surface area contributed by atoms with Crippen molar-refractivity contribution < 1.29 is 33.0 Å². The fourth-order valence-corrected chi connectivity index (χ4v) is 2.92. The predicted octanol–water partition coefficient (Wildman–Crippen LogP) is 3.07. The maximum absolute atomic E-state index is 12.9. The Labute approximate surface area is 168 Å². The molecular formula is C20H16F3N3O4. The molecule has 1 heterocycles. The molecule has 156 valence electrons. The van der Waals surface area contributed by atoms with Crippen LogP contribution in [-0.2, 0) is 17.4 Å². The maximum Gasteiger partial charge on any atom is 0.416 e. The molecule has 0 aliphatic carbocycles. The number of hydrogen-bond donors (Lipinski definition) is 3. The summed E-state index contributed by atoms with van der Waals surface area (Å²) in [5.74, 6) is -2.41. The number of rotatable bonds is 5. The lowest BCUT2D eigenvalue weighted by Crippen LogP contribution is -2.30. The van der Waals surface area contributed by atoms with Crippen LogP contribution in [-0.4, -0.2) is 38.6 Å². The zero-order chi connectivity index (χ0) is 22.1. The lowest BCUT2D eigenvalue weighted by molar-refractivity contribution is -0.137. The van der Waals surface area contributed by atoms with Gasteiger partial charge >= 0.3 is 12.1 Å². The molecule has 10 heteroatoms. The van der Waals surface area contributed by atoms with Crippen molar-refractivity contribution in [1.82, 2.24) is 15.3 Å². The van der Waals surface area contributed by atoms with E-state index in [1.807, 2.05) is 0 Å². The van der Waals surface area contributed by atoms with Crippen LogP contribution in [0.5, 0.6) is 5.75 Å². The number of alkyl halides is 3. The Kier molecular flexibility index (Phi) is 5.59. The number of aryl methyl sites for hydroxylation is 1. The lowest BCUT2D eigenvalue weighted by Gasteiger charge is -2.11. The Morgan fingerprint density at radius 1 is 1.07 bits per heavy atom. The summed E-state index contributed by atoms with van der Waals surface area (Å²) in [5, 5.41) is 22.2. The van der Waals surface area contributed by atoms with E-state index in [2.05, 4.69) is 15.3 Å². The summed E-state index contributed by atoms with van der Waals surface area (Å²) in [6, 6.07) is 8.20. The van der Waals surface area contributed by atoms with Crippen LogP contribution in [0.15, 0.2) is 36.4 Å². The number of aliphatic carboxylic acids is 1. The van der Waals surface area contributed by atoms with E-state index in [9.17, 15) is 27.9 Å². The predicted molar refractivity (Wildman–Crippen MR) is 100 cm³/mol. The molecule has 0 spiro atoms. The largest absolute Gasteiger partial charge is 0.504 e. The number of carboxylic acid groups (broad SMARTS) is 1. The second-order valence-electron chi connectivity index (χ2n) is 6.56. The number of amides is 1. The van der Waals surface area contributed by atoms with Gasteiger partial charge in [-0.05, 0) is 35.4 Å². The van der Waals surface area contributed by atoms with Crippen molar-refractivity contribution >= 4 is 22.6 Å². The smallest absolute Gasteiger partial charge is 0.416 e. The molecule has 3 N–H and O–H groups in total. The Morgan fingerprint density at radius 3 is 2.40 bits per heavy atom. The Morgan fingerprint density at radius 2 is 1.73 bits per heavy atom. The van der Waals surface area contributed by atoms with Crippen molar-refractivity contribution in [3.05, 3.63) is 64.7 Å². The van der Waals surface area contributed by atoms with Crippen LogP contribution in [0.25, 0.3) is 10.8 Å². The third-order valence-corrected chi connectivity index (χ3v) is 4.29. The number of hydrogen-bond acceptors (Lipinski definition) is 5. The molecule has 3 aromatic rings. The van der Waals surface area contributed by atoms with E-state index in [1.54, 1.807) is 12.1 Å². The number of fused-ring (bicyclic) bond motifs is 1. The monoisotopic (exact) mass is 419 g/mol. The van der Waals surface area contributed by atoms with Crippen LogP contribution >= 0.6 is 0 Å². The maximum atomic E-state index is 12.9. The van der Waals surface area contributed by atoms with E-state index in [4.69, 9.17) is 5.11 Å². The SMILES string of the molecule is Cc1nc(Cc2ccc3cc(C(F)(F)F)ccc3c2)c(O)c(C(=O)NCC(=O)O)n1. The quantitative estimate of drug-likeness (QED) is 0.586. The molecule has 0 bridgehead atoms. The van der Waals surface area contributed by atoms with Crippen LogP contribution in [0.4, 0.5) is 13.2 Å². The minimum atomic E-state index is -4.44. The number of halogens is 3. The standard InChI is InChI=1S/C20H16F3N3O4/c1-10-25-15(18(29)17(26-10)19(30)24-9-16(27)28)7-11-2-3-13-8-14(20(21,22)23)5-4-12(13)6-11/h2-6,8,29H,7,9H2,1H3,(H,24,30)(H,27,28). The minimum absolute atomic E-state index is 0.0887. The van der Waals surface area contributed by atoms with Gasteiger partial charge in [-0.25, -0.2) is 9.97 Å². The first-order valence-electron chi connectivity index (χ1n) is 8.71. The number of carboxylic acids is 1. The summed E-state index contributed by atoms with van der Waals surface area (Å²) >= 11 is 0. The zero-order valence-electron chi connectivity index (χ0n) is 15.6. The van der Waals surface area contributed by atoms with E-state index >= 15 is 0 Å². The zero-order valence-corrected chi connectivity index (χ0v) is 15.6. The Hall–Kier alpha value is -3.69. The molecule has 0 saturated carbocycles. The fourth-order valence-electron chi connectivity index (χ4n) is 2.92. The molecule has 2 aromatic carbocycles. The topological polar surface area (TPSA) is 112 Å². The molecule has 0 radical (unpaired) electrons. The normalized spacial score (nSPS) is 11.5. The van der Waals surface area contributed by atoms with Gasteiger partial charge in [0, 0.05) is 6.42 Å². The van der Waals surface area contributed by atoms with Crippen molar-refractivity contribution in [2.75, 3.05) is 6.54 Å². The Balaban J connectivity index is 1.91. The molecule has 7 nitrogen and oxygen atoms in total. The Bertz CT molecular complexity index is 1150. The van der Waals surface area contributed by atoms with Gasteiger partial charge in [0.1, 0.15) is 12.4 Å². The van der Waals surface area contributed by atoms with Crippen LogP contribution < -0.4 is 5.32 Å². The van der Waals surface area contributed by atoms with E-state index in [0.29, 0.717) is 16.3 Å². The summed E-state index contributed by atoms with van der Waals surface area (Å²) in [5.41, 5.74) is -0.319. The third-order valence-electron chi connectivity index (χ3n) is 4.29. The number of carbonyl (C=O) groups excluding carboxylic acids is 1. The minimum Gasteiger partial charge on any atom is -0.504 e. The first-order valence-corrected chi connectivity index (χ1v) is 8.71. The molecule has 0 unspecified atom stereocenters. The van der Waals surface area contributed by atoms with Gasteiger partial charge in [0.15, 0.2) is 11.4 Å². The van der Waals surface area contributed by atoms with Crippen molar-refractivity contribution in [3.63, 3.8) is 0 Å². The van der Waals surface area contributed by atoms with E-state index in [1.165, 1.54) is 19.1 Å². The van der Waals surface area contributed by atoms with Crippen LogP contribution in [0.3, 0.4) is 0 Å². The average molecular weight is 419 g/mol. The van der Waals surface area contributed by atoms with Gasteiger partial charge < -0.3 is 15.5 Å². The second kappa shape index (κ2) is 7.97. The highest BCUT2D eigenvalue weighted by atomic mass is 19.4. The van der Waals surface area contributed by atoms with E-state index in [0.717, 1.165) is 12.1 Å². The number of benzene rings is 2. The highest BCUT2D eigenvalue weighted by molar-refractivity contribution is 5.96. The molecular weight excluding hydrogens is 403 g/mol. The molecule has 30 heavy (non-hydrogen) atoms. The first-order chi connectivity index (χ1) is 14.0. The second-order valence-corrected chi connectivity index (χ2v) is 6.56. The first kappa shape index (κ1) is 21.0. The molecule has 0 saturated heterocycles. The number of carbonyl (C=O) groups is 2. The number of nitrogens with one attached hydrogen (secondary N) is 1. The third kappa shape index (κ3) is 4.65. The summed E-state index contributed by atoms with van der Waals surface area (Å²) in [6.07, 6.45) is -4.35. The molecule has 3 rings (SSSR count). The molecule has 0 atom stereocenters. The van der Waals surface area contributed by atoms with Gasteiger partial charge in [-0.3, -0.25) is 9.59 Å². The van der Waals surface area contributed by atoms with Crippen molar-refractivity contribution in [1.29, 1.82) is 0 Å². The highest BCUT2D eigenvalue weighted by Gasteiger charge is 2.30. The summed E-state index contributed by atoms with van der Waals surface area (Å²) < 4.78 is 38.6. The van der Waals surface area contributed by atoms with Crippen molar-refractivity contribution in [3.8, 4) is 5.75 Å². The van der Waals surface area contributed by atoms with Crippen molar-refractivity contribution in [2.45, 2.75) is 19.5 Å². The van der Waals surface area contributed by atoms with Gasteiger partial charge in [-0.2, -0.15) is 13.2 Å². The van der Waals surface area contributed by atoms with Crippen LogP contribution in [0.2, 0.25) is 0 Å². The van der Waals surface area contributed by atoms with Gasteiger partial charge in [-0.15, -0.1) is 0 Å². The van der Waals surface area contributed by atoms with E-state index < -0.39 is 35.9 Å². The lowest BCUT2D eigenvalue weighted by atomic mass is 10.0. The van der Waals surface area contributed by atoms with E-state index in [-0.39, 0.29) is 23.6 Å². The fraction of sp³-hybridized carbons (Fsp3) is 0.200. The van der Waals surface area contributed by atoms with Crippen molar-refractivity contribution in [2.24, 2.45) is 0 Å². The average Bonchev–Trinajstić information content (AvgIpc) is 2.67. The molecule has 0 aliphatic rings. The van der Waals surface area contributed by atoms with Gasteiger partial charge in [0.25, 0.3) is 5.91 Å². The van der Waals surface area contributed by atoms with Crippen LogP contribution in [0, 0.1) is 6.92 Å². The summed E-state index contributed by atoms with van der Waals surface area (Å²) in [6.45, 7) is 0.872. The molecule has 0 fully saturated rings. The molecule has 0 aliphatic heterocycles. The summed E-state index contributed by atoms with van der Waals surface area (Å²) in [4.78, 5) is 30.7. The van der Waals surface area contributed by atoms with Gasteiger partial charge in [0.05, 0.1) is 11.3 Å². The summed E-state index contributed by atoms with van der Waals surface area (Å²) in [7, 11) is 0. The highest BCUT2D eigenvalue weighted by Crippen LogP contribution is 2.32. The molecule has 1 amide bonds. The van der Waals surface area contributed by atoms with Crippen LogP contribution in [0.1, 0.15) is 33.1 Å². The molecule has 1 aromatic heterocycles. The van der Waals surface area contributed by atoms with Gasteiger partial charge in [-0.1, -0.05) is 24.3 Å².